The summed E-state index contributed by atoms with van der Waals surface area (Å²) in [6.45, 7) is 0.800. The minimum Gasteiger partial charge on any atom is -0.481 e. The fourth-order valence-electron chi connectivity index (χ4n) is 3.65. The number of hydrogen-bond acceptors (Lipinski definition) is 3. The van der Waals surface area contributed by atoms with Crippen molar-refractivity contribution in [1.29, 1.82) is 0 Å². The number of carbonyl (C=O) groups is 3. The third-order valence-corrected chi connectivity index (χ3v) is 5.33. The van der Waals surface area contributed by atoms with E-state index < -0.39 is 17.3 Å². The van der Waals surface area contributed by atoms with Crippen molar-refractivity contribution in [2.24, 2.45) is 5.92 Å². The molecule has 1 aliphatic carbocycles. The number of hydrogen-bond donors (Lipinski definition) is 1. The summed E-state index contributed by atoms with van der Waals surface area (Å²) in [5.41, 5.74) is 0.519. The van der Waals surface area contributed by atoms with Crippen molar-refractivity contribution in [1.82, 2.24) is 9.80 Å². The molecule has 2 amide bonds. The minimum absolute atomic E-state index is 0.000242. The number of amides is 2. The first-order valence-corrected chi connectivity index (χ1v) is 8.76. The molecule has 134 valence electrons. The van der Waals surface area contributed by atoms with E-state index in [-0.39, 0.29) is 24.9 Å². The van der Waals surface area contributed by atoms with Crippen LogP contribution in [0.1, 0.15) is 31.2 Å². The molecule has 3 rings (SSSR count). The molecule has 1 saturated heterocycles. The molecule has 1 aliphatic heterocycles. The molecule has 1 aromatic carbocycles. The van der Waals surface area contributed by atoms with Crippen LogP contribution in [0.4, 0.5) is 0 Å². The highest BCUT2D eigenvalue weighted by atomic mass is 16.4. The number of carboxylic acid groups (broad SMARTS) is 1. The minimum atomic E-state index is -0.858. The van der Waals surface area contributed by atoms with E-state index in [2.05, 4.69) is 0 Å². The first kappa shape index (κ1) is 17.5. The van der Waals surface area contributed by atoms with Crippen LogP contribution < -0.4 is 0 Å². The summed E-state index contributed by atoms with van der Waals surface area (Å²) in [6, 6.07) is 9.69. The maximum absolute atomic E-state index is 12.9. The Morgan fingerprint density at radius 1 is 1.24 bits per heavy atom. The average Bonchev–Trinajstić information content (AvgIpc) is 3.43. The van der Waals surface area contributed by atoms with Gasteiger partial charge in [-0.05, 0) is 31.2 Å². The topological polar surface area (TPSA) is 77.9 Å². The van der Waals surface area contributed by atoms with Crippen LogP contribution in [0.25, 0.3) is 0 Å². The zero-order chi connectivity index (χ0) is 18.0. The largest absolute Gasteiger partial charge is 0.481 e. The monoisotopic (exact) mass is 344 g/mol. The first-order valence-electron chi connectivity index (χ1n) is 8.76. The highest BCUT2D eigenvalue weighted by molar-refractivity contribution is 5.94. The number of likely N-dealkylation sites (tertiary alicyclic amines) is 1. The predicted molar refractivity (Wildman–Crippen MR) is 91.9 cm³/mol. The van der Waals surface area contributed by atoms with Crippen LogP contribution in [-0.2, 0) is 19.8 Å². The van der Waals surface area contributed by atoms with Crippen LogP contribution in [0.5, 0.6) is 0 Å². The van der Waals surface area contributed by atoms with E-state index in [4.69, 9.17) is 5.11 Å². The van der Waals surface area contributed by atoms with Gasteiger partial charge in [0.1, 0.15) is 0 Å². The summed E-state index contributed by atoms with van der Waals surface area (Å²) in [6.07, 6.45) is 2.90. The molecule has 0 radical (unpaired) electrons. The second-order valence-corrected chi connectivity index (χ2v) is 7.13. The number of carbonyl (C=O) groups excluding carboxylic acids is 2. The molecular weight excluding hydrogens is 320 g/mol. The Balaban J connectivity index is 1.62. The van der Waals surface area contributed by atoms with E-state index in [0.717, 1.165) is 18.4 Å². The number of piperidine rings is 1. The van der Waals surface area contributed by atoms with Crippen molar-refractivity contribution in [3.05, 3.63) is 35.9 Å². The highest BCUT2D eigenvalue weighted by Gasteiger charge is 2.52. The molecule has 25 heavy (non-hydrogen) atoms. The van der Waals surface area contributed by atoms with Crippen LogP contribution in [0.2, 0.25) is 0 Å². The van der Waals surface area contributed by atoms with Gasteiger partial charge in [-0.1, -0.05) is 30.3 Å². The Kier molecular flexibility index (Phi) is 4.79. The number of likely N-dealkylation sites (N-methyl/N-ethyl adjacent to an activating group) is 1. The molecule has 1 heterocycles. The number of benzene rings is 1. The average molecular weight is 344 g/mol. The maximum atomic E-state index is 12.9. The van der Waals surface area contributed by atoms with E-state index in [1.165, 1.54) is 4.90 Å². The predicted octanol–water partition coefficient (Wildman–Crippen LogP) is 1.50. The van der Waals surface area contributed by atoms with Crippen LogP contribution in [0, 0.1) is 5.92 Å². The molecule has 1 N–H and O–H groups in total. The fourth-order valence-corrected chi connectivity index (χ4v) is 3.65. The van der Waals surface area contributed by atoms with Gasteiger partial charge in [-0.2, -0.15) is 0 Å². The van der Waals surface area contributed by atoms with Gasteiger partial charge in [0, 0.05) is 20.1 Å². The van der Waals surface area contributed by atoms with Crippen molar-refractivity contribution in [2.75, 3.05) is 26.7 Å². The lowest BCUT2D eigenvalue weighted by molar-refractivity contribution is -0.147. The normalized spacial score (nSPS) is 21.5. The molecule has 2 aliphatic rings. The van der Waals surface area contributed by atoms with Gasteiger partial charge in [-0.3, -0.25) is 14.4 Å². The summed E-state index contributed by atoms with van der Waals surface area (Å²) in [7, 11) is 1.65. The van der Waals surface area contributed by atoms with Crippen molar-refractivity contribution in [2.45, 2.75) is 31.1 Å². The second kappa shape index (κ2) is 6.86. The summed E-state index contributed by atoms with van der Waals surface area (Å²) in [4.78, 5) is 39.6. The number of rotatable bonds is 5. The lowest BCUT2D eigenvalue weighted by Gasteiger charge is -2.32. The molecule has 6 nitrogen and oxygen atoms in total. The second-order valence-electron chi connectivity index (χ2n) is 7.13. The van der Waals surface area contributed by atoms with Gasteiger partial charge in [0.05, 0.1) is 17.9 Å². The van der Waals surface area contributed by atoms with Gasteiger partial charge >= 0.3 is 5.97 Å². The molecular formula is C19H24N2O4. The van der Waals surface area contributed by atoms with Crippen molar-refractivity contribution < 1.29 is 19.5 Å². The van der Waals surface area contributed by atoms with E-state index in [1.807, 2.05) is 30.3 Å². The summed E-state index contributed by atoms with van der Waals surface area (Å²) >= 11 is 0. The SMILES string of the molecule is CN(CC(=O)N1CCCC(C(=O)O)C1)C(=O)C1(c2ccccc2)CC1. The Morgan fingerprint density at radius 2 is 1.92 bits per heavy atom. The van der Waals surface area contributed by atoms with Crippen LogP contribution in [0.3, 0.4) is 0 Å². The van der Waals surface area contributed by atoms with E-state index in [1.54, 1.807) is 11.9 Å². The van der Waals surface area contributed by atoms with Gasteiger partial charge < -0.3 is 14.9 Å². The molecule has 1 atom stereocenters. The summed E-state index contributed by atoms with van der Waals surface area (Å²) in [5.74, 6) is -1.56. The van der Waals surface area contributed by atoms with Crippen LogP contribution in [-0.4, -0.2) is 59.4 Å². The lowest BCUT2D eigenvalue weighted by Crippen LogP contribution is -2.48. The highest BCUT2D eigenvalue weighted by Crippen LogP contribution is 2.49. The van der Waals surface area contributed by atoms with Gasteiger partial charge in [0.15, 0.2) is 0 Å². The van der Waals surface area contributed by atoms with Crippen molar-refractivity contribution in [3.63, 3.8) is 0 Å². The Morgan fingerprint density at radius 3 is 2.52 bits per heavy atom. The van der Waals surface area contributed by atoms with Gasteiger partial charge in [0.2, 0.25) is 11.8 Å². The number of nitrogens with zero attached hydrogens (tertiary/aromatic N) is 2. The fraction of sp³-hybridized carbons (Fsp3) is 0.526. The van der Waals surface area contributed by atoms with Crippen LogP contribution in [0.15, 0.2) is 30.3 Å². The standard InChI is InChI=1S/C19H24N2O4/c1-20(13-16(22)21-11-5-6-14(12-21)17(23)24)18(25)19(9-10-19)15-7-3-2-4-8-15/h2-4,7-8,14H,5-6,9-13H2,1H3,(H,23,24). The Bertz CT molecular complexity index is 669. The third-order valence-electron chi connectivity index (χ3n) is 5.33. The van der Waals surface area contributed by atoms with Crippen molar-refractivity contribution in [3.8, 4) is 0 Å². The lowest BCUT2D eigenvalue weighted by atomic mass is 9.94. The number of carboxylic acids is 1. The van der Waals surface area contributed by atoms with Crippen molar-refractivity contribution >= 4 is 17.8 Å². The summed E-state index contributed by atoms with van der Waals surface area (Å²) in [5, 5.41) is 9.15. The molecule has 1 unspecified atom stereocenters. The summed E-state index contributed by atoms with van der Waals surface area (Å²) < 4.78 is 0. The quantitative estimate of drug-likeness (QED) is 0.878. The molecule has 0 aromatic heterocycles. The molecule has 2 fully saturated rings. The number of aliphatic carboxylic acids is 1. The van der Waals surface area contributed by atoms with Gasteiger partial charge in [-0.25, -0.2) is 0 Å². The molecule has 0 spiro atoms. The zero-order valence-electron chi connectivity index (χ0n) is 14.5. The zero-order valence-corrected chi connectivity index (χ0v) is 14.5. The molecule has 6 heteroatoms. The molecule has 0 bridgehead atoms. The third kappa shape index (κ3) is 3.52. The first-order chi connectivity index (χ1) is 11.9. The maximum Gasteiger partial charge on any atom is 0.308 e. The van der Waals surface area contributed by atoms with E-state index in [9.17, 15) is 14.4 Å². The Labute approximate surface area is 147 Å². The van der Waals surface area contributed by atoms with Gasteiger partial charge in [-0.15, -0.1) is 0 Å². The van der Waals surface area contributed by atoms with Gasteiger partial charge in [0.25, 0.3) is 0 Å². The van der Waals surface area contributed by atoms with E-state index in [0.29, 0.717) is 19.4 Å². The van der Waals surface area contributed by atoms with Crippen LogP contribution >= 0.6 is 0 Å². The Hall–Kier alpha value is -2.37. The smallest absolute Gasteiger partial charge is 0.308 e. The molecule has 1 saturated carbocycles. The molecule has 1 aromatic rings. The van der Waals surface area contributed by atoms with E-state index >= 15 is 0 Å².